The number of imidazole rings is 1. The van der Waals surface area contributed by atoms with Crippen LogP contribution in [0.25, 0.3) is 11.3 Å². The van der Waals surface area contributed by atoms with E-state index in [2.05, 4.69) is 20.9 Å². The minimum absolute atomic E-state index is 0.719. The van der Waals surface area contributed by atoms with E-state index in [0.717, 1.165) is 38.0 Å². The summed E-state index contributed by atoms with van der Waals surface area (Å²) in [5, 5.41) is 0.719. The summed E-state index contributed by atoms with van der Waals surface area (Å²) in [6.07, 6.45) is 0. The zero-order valence-electron chi connectivity index (χ0n) is 10.7. The molecule has 3 nitrogen and oxygen atoms in total. The van der Waals surface area contributed by atoms with Gasteiger partial charge in [0.1, 0.15) is 16.2 Å². The van der Waals surface area contributed by atoms with Crippen LogP contribution in [0.2, 0.25) is 5.02 Å². The van der Waals surface area contributed by atoms with Crippen molar-refractivity contribution in [2.75, 3.05) is 7.11 Å². The van der Waals surface area contributed by atoms with Crippen molar-refractivity contribution in [2.24, 2.45) is 7.05 Å². The average molecular weight is 330 g/mol. The number of nitrogens with zero attached hydrogens (tertiary/aromatic N) is 2. The first kappa shape index (κ1) is 13.4. The van der Waals surface area contributed by atoms with Crippen LogP contribution in [0.1, 0.15) is 11.4 Å². The smallest absolute Gasteiger partial charge is 0.132 e. The Morgan fingerprint density at radius 2 is 2.00 bits per heavy atom. The van der Waals surface area contributed by atoms with Gasteiger partial charge in [-0.05, 0) is 47.5 Å². The third-order valence-electron chi connectivity index (χ3n) is 3.01. The van der Waals surface area contributed by atoms with Crippen LogP contribution in [0.5, 0.6) is 5.75 Å². The van der Waals surface area contributed by atoms with Gasteiger partial charge in [0.2, 0.25) is 0 Å². The van der Waals surface area contributed by atoms with Crippen molar-refractivity contribution in [2.45, 2.75) is 13.8 Å². The number of methoxy groups -OCH3 is 1. The van der Waals surface area contributed by atoms with E-state index < -0.39 is 0 Å². The Labute approximate surface area is 120 Å². The summed E-state index contributed by atoms with van der Waals surface area (Å²) in [4.78, 5) is 4.40. The van der Waals surface area contributed by atoms with Crippen molar-refractivity contribution >= 4 is 27.5 Å². The molecule has 0 saturated heterocycles. The summed E-state index contributed by atoms with van der Waals surface area (Å²) < 4.78 is 8.23. The molecule has 2 aromatic rings. The molecule has 0 aliphatic rings. The number of ether oxygens (including phenoxy) is 1. The third-order valence-corrected chi connectivity index (χ3v) is 3.97. The Kier molecular flexibility index (Phi) is 3.69. The van der Waals surface area contributed by atoms with E-state index >= 15 is 0 Å². The maximum absolute atomic E-state index is 6.20. The molecule has 0 amide bonds. The van der Waals surface area contributed by atoms with E-state index in [9.17, 15) is 0 Å². The molecule has 0 atom stereocenters. The SMILES string of the molecule is COc1cc(C)c(Cl)cc1-c1c(Br)nc(C)n1C. The lowest BCUT2D eigenvalue weighted by Gasteiger charge is -2.12. The Morgan fingerprint density at radius 3 is 2.50 bits per heavy atom. The van der Waals surface area contributed by atoms with Crippen LogP contribution < -0.4 is 4.74 Å². The summed E-state index contributed by atoms with van der Waals surface area (Å²) >= 11 is 9.68. The molecule has 1 heterocycles. The highest BCUT2D eigenvalue weighted by Crippen LogP contribution is 2.38. The zero-order valence-corrected chi connectivity index (χ0v) is 13.1. The van der Waals surface area contributed by atoms with Crippen LogP contribution in [0.3, 0.4) is 0 Å². The molecule has 2 rings (SSSR count). The van der Waals surface area contributed by atoms with Gasteiger partial charge < -0.3 is 9.30 Å². The fourth-order valence-electron chi connectivity index (χ4n) is 1.87. The van der Waals surface area contributed by atoms with Gasteiger partial charge in [-0.25, -0.2) is 4.98 Å². The Balaban J connectivity index is 2.74. The molecule has 0 N–H and O–H groups in total. The van der Waals surface area contributed by atoms with E-state index in [1.54, 1.807) is 7.11 Å². The van der Waals surface area contributed by atoms with Crippen LogP contribution in [0.15, 0.2) is 16.7 Å². The molecule has 0 bridgehead atoms. The van der Waals surface area contributed by atoms with Crippen molar-refractivity contribution in [3.05, 3.63) is 33.1 Å². The predicted molar refractivity (Wildman–Crippen MR) is 77.4 cm³/mol. The highest BCUT2D eigenvalue weighted by molar-refractivity contribution is 9.10. The first-order valence-corrected chi connectivity index (χ1v) is 6.66. The molecule has 0 spiro atoms. The highest BCUT2D eigenvalue weighted by Gasteiger charge is 2.17. The molecule has 18 heavy (non-hydrogen) atoms. The maximum atomic E-state index is 6.20. The second-order valence-corrected chi connectivity index (χ2v) is 5.32. The van der Waals surface area contributed by atoms with E-state index in [0.29, 0.717) is 0 Å². The number of rotatable bonds is 2. The van der Waals surface area contributed by atoms with Crippen LogP contribution in [-0.2, 0) is 7.05 Å². The van der Waals surface area contributed by atoms with E-state index in [4.69, 9.17) is 16.3 Å². The van der Waals surface area contributed by atoms with Crippen molar-refractivity contribution in [1.29, 1.82) is 0 Å². The lowest BCUT2D eigenvalue weighted by Crippen LogP contribution is -1.97. The Bertz CT molecular complexity index is 608. The number of benzene rings is 1. The molecule has 0 saturated carbocycles. The predicted octanol–water partition coefficient (Wildman–Crippen LogP) is 4.13. The topological polar surface area (TPSA) is 27.1 Å². The molecular weight excluding hydrogens is 316 g/mol. The highest BCUT2D eigenvalue weighted by atomic mass is 79.9. The molecule has 1 aromatic heterocycles. The minimum atomic E-state index is 0.719. The zero-order chi connectivity index (χ0) is 13.4. The average Bonchev–Trinajstić information content (AvgIpc) is 2.57. The van der Waals surface area contributed by atoms with Gasteiger partial charge in [-0.2, -0.15) is 0 Å². The Hall–Kier alpha value is -1.00. The molecular formula is C13H14BrClN2O. The molecule has 0 aliphatic carbocycles. The quantitative estimate of drug-likeness (QED) is 0.828. The van der Waals surface area contributed by atoms with Gasteiger partial charge in [-0.1, -0.05) is 11.6 Å². The summed E-state index contributed by atoms with van der Waals surface area (Å²) in [6.45, 7) is 3.91. The number of halogens is 2. The fraction of sp³-hybridized carbons (Fsp3) is 0.308. The van der Waals surface area contributed by atoms with Gasteiger partial charge in [0.15, 0.2) is 0 Å². The Morgan fingerprint density at radius 1 is 1.33 bits per heavy atom. The summed E-state index contributed by atoms with van der Waals surface area (Å²) in [7, 11) is 3.62. The van der Waals surface area contributed by atoms with Crippen LogP contribution in [-0.4, -0.2) is 16.7 Å². The monoisotopic (exact) mass is 328 g/mol. The fourth-order valence-corrected chi connectivity index (χ4v) is 2.77. The van der Waals surface area contributed by atoms with Gasteiger partial charge in [-0.15, -0.1) is 0 Å². The number of aryl methyl sites for hydroxylation is 2. The van der Waals surface area contributed by atoms with Crippen molar-refractivity contribution < 1.29 is 4.74 Å². The second kappa shape index (κ2) is 4.94. The van der Waals surface area contributed by atoms with E-state index in [1.165, 1.54) is 0 Å². The molecule has 0 fully saturated rings. The standard InChI is InChI=1S/C13H14BrClN2O/c1-7-5-11(18-4)9(6-10(7)15)12-13(14)16-8(2)17(12)3/h5-6H,1-4H3. The number of hydrogen-bond donors (Lipinski definition) is 0. The van der Waals surface area contributed by atoms with Gasteiger partial charge >= 0.3 is 0 Å². The molecule has 0 unspecified atom stereocenters. The van der Waals surface area contributed by atoms with Crippen LogP contribution in [0, 0.1) is 13.8 Å². The summed E-state index contributed by atoms with van der Waals surface area (Å²) in [5.41, 5.74) is 2.89. The third kappa shape index (κ3) is 2.15. The van der Waals surface area contributed by atoms with E-state index in [-0.39, 0.29) is 0 Å². The summed E-state index contributed by atoms with van der Waals surface area (Å²) in [6, 6.07) is 3.85. The first-order valence-electron chi connectivity index (χ1n) is 5.49. The normalized spacial score (nSPS) is 10.8. The molecule has 0 aliphatic heterocycles. The van der Waals surface area contributed by atoms with Gasteiger partial charge in [-0.3, -0.25) is 0 Å². The second-order valence-electron chi connectivity index (χ2n) is 4.16. The lowest BCUT2D eigenvalue weighted by molar-refractivity contribution is 0.416. The minimum Gasteiger partial charge on any atom is -0.496 e. The van der Waals surface area contributed by atoms with Gasteiger partial charge in [0.25, 0.3) is 0 Å². The first-order chi connectivity index (χ1) is 8.45. The van der Waals surface area contributed by atoms with Gasteiger partial charge in [0, 0.05) is 17.6 Å². The molecule has 0 radical (unpaired) electrons. The summed E-state index contributed by atoms with van der Waals surface area (Å²) in [5.74, 6) is 1.72. The van der Waals surface area contributed by atoms with Crippen LogP contribution >= 0.6 is 27.5 Å². The van der Waals surface area contributed by atoms with Crippen LogP contribution in [0.4, 0.5) is 0 Å². The largest absolute Gasteiger partial charge is 0.496 e. The molecule has 5 heteroatoms. The molecule has 1 aromatic carbocycles. The van der Waals surface area contributed by atoms with Crippen molar-refractivity contribution in [3.8, 4) is 17.0 Å². The molecule has 96 valence electrons. The lowest BCUT2D eigenvalue weighted by atomic mass is 10.1. The van der Waals surface area contributed by atoms with E-state index in [1.807, 2.05) is 37.6 Å². The number of hydrogen-bond acceptors (Lipinski definition) is 2. The number of aromatic nitrogens is 2. The van der Waals surface area contributed by atoms with Gasteiger partial charge in [0.05, 0.1) is 12.8 Å². The maximum Gasteiger partial charge on any atom is 0.132 e. The van der Waals surface area contributed by atoms with Crippen molar-refractivity contribution in [3.63, 3.8) is 0 Å². The van der Waals surface area contributed by atoms with Crippen molar-refractivity contribution in [1.82, 2.24) is 9.55 Å².